The second kappa shape index (κ2) is 17.4. The summed E-state index contributed by atoms with van der Waals surface area (Å²) in [6, 6.07) is 18.0. The van der Waals surface area contributed by atoms with E-state index in [-0.39, 0.29) is 13.2 Å². The van der Waals surface area contributed by atoms with E-state index in [1.807, 2.05) is 41.3 Å². The number of nitriles is 1. The molecule has 1 atom stereocenters. The fourth-order valence-electron chi connectivity index (χ4n) is 5.53. The Kier molecular flexibility index (Phi) is 13.1. The zero-order valence-electron chi connectivity index (χ0n) is 25.9. The van der Waals surface area contributed by atoms with Crippen molar-refractivity contribution in [1.29, 1.82) is 5.26 Å². The van der Waals surface area contributed by atoms with Crippen molar-refractivity contribution in [2.75, 3.05) is 17.6 Å². The molecular formula is C36H33Cl3IN3O5. The molecule has 1 aromatic heterocycles. The van der Waals surface area contributed by atoms with Gasteiger partial charge in [-0.1, -0.05) is 94.1 Å². The summed E-state index contributed by atoms with van der Waals surface area (Å²) in [7, 11) is 0. The van der Waals surface area contributed by atoms with Gasteiger partial charge in [-0.25, -0.2) is 0 Å². The molecular weight excluding hydrogens is 788 g/mol. The summed E-state index contributed by atoms with van der Waals surface area (Å²) in [4.78, 5) is 18.1. The monoisotopic (exact) mass is 819 g/mol. The van der Waals surface area contributed by atoms with Crippen LogP contribution in [-0.2, 0) is 24.6 Å². The lowest BCUT2D eigenvalue weighted by Crippen LogP contribution is -2.44. The highest BCUT2D eigenvalue weighted by atomic mass is 127. The molecule has 0 aliphatic carbocycles. The standard InChI is InChI=1S/C36H33Cl3IN3O5/c37-29-15-26(20-43-12-2-1-9-30(43)36(44)45)32(47-21-24-14-23(17-41)18-42-19-24)16-33(29)48-22-25-6-3-7-27(34(25)38)28-8-4-10-31(35(28)39)46-13-5-11-40/h3-4,6-8,10,14-16,18-19,30H,1-2,5,9,11-13,20-22H2,(H,44,45). The summed E-state index contributed by atoms with van der Waals surface area (Å²) in [6.45, 7) is 1.79. The third kappa shape index (κ3) is 9.04. The van der Waals surface area contributed by atoms with Gasteiger partial charge < -0.3 is 19.3 Å². The van der Waals surface area contributed by atoms with Gasteiger partial charge in [-0.05, 0) is 44.0 Å². The van der Waals surface area contributed by atoms with Crippen molar-refractivity contribution in [2.45, 2.75) is 51.5 Å². The van der Waals surface area contributed by atoms with E-state index in [9.17, 15) is 15.2 Å². The molecule has 48 heavy (non-hydrogen) atoms. The number of piperidine rings is 1. The van der Waals surface area contributed by atoms with E-state index in [0.29, 0.717) is 69.6 Å². The van der Waals surface area contributed by atoms with E-state index in [2.05, 4.69) is 33.6 Å². The van der Waals surface area contributed by atoms with Gasteiger partial charge in [0, 0.05) is 57.2 Å². The van der Waals surface area contributed by atoms with Gasteiger partial charge in [0.05, 0.1) is 27.2 Å². The molecule has 1 saturated heterocycles. The number of aromatic nitrogens is 1. The van der Waals surface area contributed by atoms with Gasteiger partial charge in [0.2, 0.25) is 0 Å². The Hall–Kier alpha value is -3.27. The molecule has 1 aliphatic rings. The fraction of sp³-hybridized carbons (Fsp3) is 0.306. The molecule has 0 spiro atoms. The topological polar surface area (TPSA) is 105 Å². The number of hydrogen-bond donors (Lipinski definition) is 1. The zero-order valence-corrected chi connectivity index (χ0v) is 30.4. The van der Waals surface area contributed by atoms with Gasteiger partial charge in [-0.3, -0.25) is 14.7 Å². The zero-order chi connectivity index (χ0) is 34.0. The van der Waals surface area contributed by atoms with Crippen LogP contribution in [-0.4, -0.2) is 44.6 Å². The Morgan fingerprint density at radius 1 is 0.938 bits per heavy atom. The number of rotatable bonds is 14. The predicted molar refractivity (Wildman–Crippen MR) is 196 cm³/mol. The van der Waals surface area contributed by atoms with Crippen molar-refractivity contribution in [3.63, 3.8) is 0 Å². The number of carbonyl (C=O) groups is 1. The van der Waals surface area contributed by atoms with Crippen molar-refractivity contribution in [3.05, 3.63) is 104 Å². The molecule has 0 bridgehead atoms. The van der Waals surface area contributed by atoms with E-state index in [4.69, 9.17) is 49.0 Å². The Labute approximate surface area is 308 Å². The minimum absolute atomic E-state index is 0.107. The Morgan fingerprint density at radius 2 is 1.71 bits per heavy atom. The van der Waals surface area contributed by atoms with Gasteiger partial charge in [-0.15, -0.1) is 0 Å². The van der Waals surface area contributed by atoms with Crippen molar-refractivity contribution in [1.82, 2.24) is 9.88 Å². The first-order chi connectivity index (χ1) is 23.3. The smallest absolute Gasteiger partial charge is 0.320 e. The lowest BCUT2D eigenvalue weighted by molar-refractivity contribution is -0.144. The molecule has 1 N–H and O–H groups in total. The van der Waals surface area contributed by atoms with Gasteiger partial charge in [0.25, 0.3) is 0 Å². The molecule has 5 rings (SSSR count). The third-order valence-electron chi connectivity index (χ3n) is 7.96. The molecule has 1 fully saturated rings. The number of carboxylic acids is 1. The number of ether oxygens (including phenoxy) is 3. The summed E-state index contributed by atoms with van der Waals surface area (Å²) in [5.41, 5.74) is 4.07. The van der Waals surface area contributed by atoms with E-state index in [1.165, 1.54) is 6.20 Å². The van der Waals surface area contributed by atoms with Gasteiger partial charge in [0.1, 0.15) is 42.6 Å². The molecule has 0 radical (unpaired) electrons. The Morgan fingerprint density at radius 3 is 2.48 bits per heavy atom. The lowest BCUT2D eigenvalue weighted by Gasteiger charge is -2.33. The minimum Gasteiger partial charge on any atom is -0.492 e. The van der Waals surface area contributed by atoms with Crippen LogP contribution in [0, 0.1) is 11.3 Å². The van der Waals surface area contributed by atoms with Crippen LogP contribution >= 0.6 is 57.4 Å². The molecule has 2 heterocycles. The maximum absolute atomic E-state index is 12.0. The van der Waals surface area contributed by atoms with E-state index in [1.54, 1.807) is 24.4 Å². The summed E-state index contributed by atoms with van der Waals surface area (Å²) in [5, 5.41) is 20.5. The number of alkyl halides is 1. The molecule has 8 nitrogen and oxygen atoms in total. The van der Waals surface area contributed by atoms with Crippen LogP contribution in [0.4, 0.5) is 0 Å². The maximum atomic E-state index is 12.0. The third-order valence-corrected chi connectivity index (χ3v) is 9.85. The summed E-state index contributed by atoms with van der Waals surface area (Å²) in [5.74, 6) is 0.611. The number of hydrogen-bond acceptors (Lipinski definition) is 7. The van der Waals surface area contributed by atoms with Gasteiger partial charge in [0.15, 0.2) is 0 Å². The first kappa shape index (κ1) is 36.0. The van der Waals surface area contributed by atoms with Crippen LogP contribution in [0.15, 0.2) is 67.0 Å². The molecule has 0 saturated carbocycles. The number of pyridine rings is 1. The number of benzene rings is 3. The minimum atomic E-state index is -0.849. The van der Waals surface area contributed by atoms with E-state index in [0.717, 1.165) is 45.9 Å². The van der Waals surface area contributed by atoms with Crippen LogP contribution in [0.25, 0.3) is 11.1 Å². The summed E-state index contributed by atoms with van der Waals surface area (Å²) >= 11 is 22.8. The molecule has 3 aromatic carbocycles. The number of aliphatic carboxylic acids is 1. The van der Waals surface area contributed by atoms with Crippen LogP contribution in [0.1, 0.15) is 47.9 Å². The maximum Gasteiger partial charge on any atom is 0.320 e. The molecule has 0 amide bonds. The number of nitrogens with zero attached hydrogens (tertiary/aromatic N) is 3. The number of likely N-dealkylation sites (tertiary alicyclic amines) is 1. The highest BCUT2D eigenvalue weighted by molar-refractivity contribution is 14.1. The normalized spacial score (nSPS) is 14.7. The summed E-state index contributed by atoms with van der Waals surface area (Å²) < 4.78 is 19.4. The van der Waals surface area contributed by atoms with E-state index >= 15 is 0 Å². The highest BCUT2D eigenvalue weighted by Gasteiger charge is 2.29. The van der Waals surface area contributed by atoms with Gasteiger partial charge >= 0.3 is 5.97 Å². The molecule has 1 unspecified atom stereocenters. The molecule has 12 heteroatoms. The second-order valence-electron chi connectivity index (χ2n) is 11.3. The van der Waals surface area contributed by atoms with Gasteiger partial charge in [-0.2, -0.15) is 5.26 Å². The number of halogens is 4. The average molecular weight is 821 g/mol. The van der Waals surface area contributed by atoms with Crippen LogP contribution in [0.5, 0.6) is 17.2 Å². The van der Waals surface area contributed by atoms with Crippen molar-refractivity contribution >= 4 is 63.4 Å². The lowest BCUT2D eigenvalue weighted by atomic mass is 10.0. The summed E-state index contributed by atoms with van der Waals surface area (Å²) in [6.07, 6.45) is 6.37. The van der Waals surface area contributed by atoms with Crippen LogP contribution in [0.3, 0.4) is 0 Å². The average Bonchev–Trinajstić information content (AvgIpc) is 3.09. The Bertz CT molecular complexity index is 1800. The van der Waals surface area contributed by atoms with Crippen molar-refractivity contribution in [2.24, 2.45) is 0 Å². The SMILES string of the molecule is N#Cc1cncc(COc2cc(OCc3cccc(-c4cccc(OCCCI)c4Cl)c3Cl)c(Cl)cc2CN2CCCCC2C(=O)O)c1. The van der Waals surface area contributed by atoms with Crippen LogP contribution < -0.4 is 14.2 Å². The van der Waals surface area contributed by atoms with Crippen molar-refractivity contribution < 1.29 is 24.1 Å². The molecule has 250 valence electrons. The number of carboxylic acid groups (broad SMARTS) is 1. The quantitative estimate of drug-likeness (QED) is 0.0763. The predicted octanol–water partition coefficient (Wildman–Crippen LogP) is 9.38. The van der Waals surface area contributed by atoms with Crippen LogP contribution in [0.2, 0.25) is 15.1 Å². The largest absolute Gasteiger partial charge is 0.492 e. The second-order valence-corrected chi connectivity index (χ2v) is 13.5. The fourth-order valence-corrected chi connectivity index (χ4v) is 6.65. The molecule has 4 aromatic rings. The highest BCUT2D eigenvalue weighted by Crippen LogP contribution is 2.41. The van der Waals surface area contributed by atoms with E-state index < -0.39 is 12.0 Å². The Balaban J connectivity index is 1.40. The first-order valence-corrected chi connectivity index (χ1v) is 18.1. The first-order valence-electron chi connectivity index (χ1n) is 15.4. The van der Waals surface area contributed by atoms with Crippen molar-refractivity contribution in [3.8, 4) is 34.4 Å². The molecule has 1 aliphatic heterocycles.